The molecule has 0 saturated carbocycles. The zero-order valence-corrected chi connectivity index (χ0v) is 12.5. The smallest absolute Gasteiger partial charge is 0.410 e. The van der Waals surface area contributed by atoms with Crippen LogP contribution in [0, 0.1) is 0 Å². The van der Waals surface area contributed by atoms with E-state index in [2.05, 4.69) is 6.58 Å². The van der Waals surface area contributed by atoms with Crippen LogP contribution in [0.1, 0.15) is 25.6 Å². The molecule has 1 rings (SSSR count). The third-order valence-electron chi connectivity index (χ3n) is 1.98. The number of nitrogens with zero attached hydrogens (tertiary/aromatic N) is 1. The second kappa shape index (κ2) is 6.25. The van der Waals surface area contributed by atoms with Gasteiger partial charge in [0, 0.05) is 11.4 Å². The van der Waals surface area contributed by atoms with Crippen molar-refractivity contribution in [1.82, 2.24) is 4.90 Å². The maximum Gasteiger partial charge on any atom is 0.410 e. The second-order valence-corrected chi connectivity index (χ2v) is 6.65. The first-order valence-electron chi connectivity index (χ1n) is 5.65. The van der Waals surface area contributed by atoms with Crippen LogP contribution in [0.2, 0.25) is 4.34 Å². The third-order valence-corrected chi connectivity index (χ3v) is 3.19. The molecule has 0 aliphatic carbocycles. The molecular weight excluding hydrogens is 270 g/mol. The molecule has 5 heteroatoms. The lowest BCUT2D eigenvalue weighted by atomic mass is 10.2. The van der Waals surface area contributed by atoms with Crippen molar-refractivity contribution in [1.29, 1.82) is 0 Å². The topological polar surface area (TPSA) is 29.5 Å². The molecule has 0 aliphatic rings. The fourth-order valence-corrected chi connectivity index (χ4v) is 2.41. The summed E-state index contributed by atoms with van der Waals surface area (Å²) in [6.45, 7) is 10.1. The summed E-state index contributed by atoms with van der Waals surface area (Å²) >= 11 is 7.33. The van der Waals surface area contributed by atoms with Crippen LogP contribution in [0.5, 0.6) is 0 Å². The molecule has 1 heterocycles. The van der Waals surface area contributed by atoms with Crippen molar-refractivity contribution >= 4 is 29.0 Å². The molecule has 0 spiro atoms. The van der Waals surface area contributed by atoms with Gasteiger partial charge in [-0.15, -0.1) is 17.9 Å². The van der Waals surface area contributed by atoms with E-state index < -0.39 is 5.60 Å². The molecular formula is C13H18ClNO2S. The Morgan fingerprint density at radius 2 is 2.22 bits per heavy atom. The summed E-state index contributed by atoms with van der Waals surface area (Å²) in [6, 6.07) is 3.73. The number of carbonyl (C=O) groups excluding carboxylic acids is 1. The molecule has 0 N–H and O–H groups in total. The van der Waals surface area contributed by atoms with E-state index in [4.69, 9.17) is 16.3 Å². The molecule has 0 aromatic carbocycles. The van der Waals surface area contributed by atoms with Gasteiger partial charge in [-0.2, -0.15) is 0 Å². The number of rotatable bonds is 4. The monoisotopic (exact) mass is 287 g/mol. The van der Waals surface area contributed by atoms with Gasteiger partial charge in [0.15, 0.2) is 0 Å². The summed E-state index contributed by atoms with van der Waals surface area (Å²) in [5.41, 5.74) is -0.496. The van der Waals surface area contributed by atoms with Crippen molar-refractivity contribution < 1.29 is 9.53 Å². The van der Waals surface area contributed by atoms with Gasteiger partial charge < -0.3 is 4.74 Å². The molecule has 0 fully saturated rings. The molecule has 0 atom stereocenters. The molecule has 1 aromatic heterocycles. The average molecular weight is 288 g/mol. The largest absolute Gasteiger partial charge is 0.444 e. The van der Waals surface area contributed by atoms with E-state index in [-0.39, 0.29) is 6.09 Å². The predicted octanol–water partition coefficient (Wildman–Crippen LogP) is 4.32. The van der Waals surface area contributed by atoms with Gasteiger partial charge in [0.25, 0.3) is 0 Å². The van der Waals surface area contributed by atoms with Crippen molar-refractivity contribution in [3.8, 4) is 0 Å². The number of ether oxygens (including phenoxy) is 1. The van der Waals surface area contributed by atoms with Crippen LogP contribution in [0.3, 0.4) is 0 Å². The Hall–Kier alpha value is -1.00. The van der Waals surface area contributed by atoms with E-state index in [9.17, 15) is 4.79 Å². The number of hydrogen-bond donors (Lipinski definition) is 0. The molecule has 3 nitrogen and oxygen atoms in total. The van der Waals surface area contributed by atoms with Crippen molar-refractivity contribution in [2.75, 3.05) is 6.54 Å². The molecule has 100 valence electrons. The Kier molecular flexibility index (Phi) is 5.23. The standard InChI is InChI=1S/C13H18ClNO2S/c1-5-8-15(12(16)17-13(2,3)4)9-10-6-7-11(14)18-10/h5-7H,1,8-9H2,2-4H3. The van der Waals surface area contributed by atoms with E-state index >= 15 is 0 Å². The van der Waals surface area contributed by atoms with Crippen LogP contribution in [-0.2, 0) is 11.3 Å². The van der Waals surface area contributed by atoms with Gasteiger partial charge in [-0.3, -0.25) is 4.90 Å². The maximum absolute atomic E-state index is 12.0. The Bertz CT molecular complexity index is 423. The summed E-state index contributed by atoms with van der Waals surface area (Å²) in [4.78, 5) is 14.6. The fourth-order valence-electron chi connectivity index (χ4n) is 1.31. The van der Waals surface area contributed by atoms with Crippen LogP contribution >= 0.6 is 22.9 Å². The summed E-state index contributed by atoms with van der Waals surface area (Å²) in [6.07, 6.45) is 1.34. The normalized spacial score (nSPS) is 11.1. The quantitative estimate of drug-likeness (QED) is 0.772. The molecule has 1 aromatic rings. The van der Waals surface area contributed by atoms with Crippen LogP contribution in [0.25, 0.3) is 0 Å². The minimum atomic E-state index is -0.496. The first kappa shape index (κ1) is 15.1. The van der Waals surface area contributed by atoms with Gasteiger partial charge >= 0.3 is 6.09 Å². The van der Waals surface area contributed by atoms with E-state index in [1.165, 1.54) is 11.3 Å². The number of hydrogen-bond acceptors (Lipinski definition) is 3. The van der Waals surface area contributed by atoms with Gasteiger partial charge in [0.2, 0.25) is 0 Å². The van der Waals surface area contributed by atoms with E-state index in [1.807, 2.05) is 32.9 Å². The summed E-state index contributed by atoms with van der Waals surface area (Å²) < 4.78 is 6.06. The minimum absolute atomic E-state index is 0.341. The SMILES string of the molecule is C=CCN(Cc1ccc(Cl)s1)C(=O)OC(C)(C)C. The van der Waals surface area contributed by atoms with Crippen LogP contribution in [-0.4, -0.2) is 23.1 Å². The van der Waals surface area contributed by atoms with Crippen molar-refractivity contribution in [2.45, 2.75) is 32.9 Å². The fraction of sp³-hybridized carbons (Fsp3) is 0.462. The summed E-state index contributed by atoms with van der Waals surface area (Å²) in [7, 11) is 0. The summed E-state index contributed by atoms with van der Waals surface area (Å²) in [5, 5.41) is 0. The number of thiophene rings is 1. The zero-order chi connectivity index (χ0) is 13.8. The first-order valence-corrected chi connectivity index (χ1v) is 6.84. The van der Waals surface area contributed by atoms with Gasteiger partial charge in [-0.25, -0.2) is 4.79 Å². The van der Waals surface area contributed by atoms with Crippen LogP contribution < -0.4 is 0 Å². The lowest BCUT2D eigenvalue weighted by Crippen LogP contribution is -2.36. The third kappa shape index (κ3) is 5.10. The highest BCUT2D eigenvalue weighted by Gasteiger charge is 2.21. The molecule has 0 bridgehead atoms. The number of amides is 1. The maximum atomic E-state index is 12.0. The van der Waals surface area contributed by atoms with Crippen LogP contribution in [0.15, 0.2) is 24.8 Å². The Labute approximate surface area is 117 Å². The Morgan fingerprint density at radius 1 is 1.56 bits per heavy atom. The molecule has 0 unspecified atom stereocenters. The average Bonchev–Trinajstić information content (AvgIpc) is 2.61. The zero-order valence-electron chi connectivity index (χ0n) is 10.9. The van der Waals surface area contributed by atoms with Gasteiger partial charge in [-0.1, -0.05) is 17.7 Å². The molecule has 0 radical (unpaired) electrons. The van der Waals surface area contributed by atoms with E-state index in [1.54, 1.807) is 11.0 Å². The van der Waals surface area contributed by atoms with E-state index in [0.29, 0.717) is 17.4 Å². The predicted molar refractivity (Wildman–Crippen MR) is 76.2 cm³/mol. The highest BCUT2D eigenvalue weighted by Crippen LogP contribution is 2.23. The molecule has 0 saturated heterocycles. The number of halogens is 1. The van der Waals surface area contributed by atoms with Crippen molar-refractivity contribution in [3.63, 3.8) is 0 Å². The summed E-state index contributed by atoms with van der Waals surface area (Å²) in [5.74, 6) is 0. The number of carbonyl (C=O) groups is 1. The first-order chi connectivity index (χ1) is 8.31. The molecule has 0 aliphatic heterocycles. The van der Waals surface area contributed by atoms with E-state index in [0.717, 1.165) is 4.88 Å². The lowest BCUT2D eigenvalue weighted by Gasteiger charge is -2.26. The van der Waals surface area contributed by atoms with Crippen LogP contribution in [0.4, 0.5) is 4.79 Å². The Morgan fingerprint density at radius 3 is 2.67 bits per heavy atom. The van der Waals surface area contributed by atoms with Crippen molar-refractivity contribution in [2.24, 2.45) is 0 Å². The molecule has 18 heavy (non-hydrogen) atoms. The second-order valence-electron chi connectivity index (χ2n) is 4.86. The van der Waals surface area contributed by atoms with Gasteiger partial charge in [0.05, 0.1) is 10.9 Å². The van der Waals surface area contributed by atoms with Crippen molar-refractivity contribution in [3.05, 3.63) is 34.0 Å². The molecule has 1 amide bonds. The highest BCUT2D eigenvalue weighted by atomic mass is 35.5. The highest BCUT2D eigenvalue weighted by molar-refractivity contribution is 7.16. The van der Waals surface area contributed by atoms with Gasteiger partial charge in [0.1, 0.15) is 5.60 Å². The Balaban J connectivity index is 2.70. The van der Waals surface area contributed by atoms with Gasteiger partial charge in [-0.05, 0) is 32.9 Å². The minimum Gasteiger partial charge on any atom is -0.444 e. The lowest BCUT2D eigenvalue weighted by molar-refractivity contribution is 0.0258.